The van der Waals surface area contributed by atoms with Crippen molar-refractivity contribution in [2.24, 2.45) is 5.10 Å². The Hall–Kier alpha value is -3.07. The highest BCUT2D eigenvalue weighted by molar-refractivity contribution is 5.80. The third-order valence-electron chi connectivity index (χ3n) is 4.61. The largest absolute Gasteiger partial charge is 0.378 e. The Kier molecular flexibility index (Phi) is 4.68. The van der Waals surface area contributed by atoms with Gasteiger partial charge in [-0.25, -0.2) is 0 Å². The summed E-state index contributed by atoms with van der Waals surface area (Å²) in [4.78, 5) is 15.2. The molecule has 1 aliphatic heterocycles. The van der Waals surface area contributed by atoms with Crippen LogP contribution in [0.15, 0.2) is 40.5 Å². The number of aromatic nitrogens is 5. The molecular weight excluding hydrogens is 358 g/mol. The summed E-state index contributed by atoms with van der Waals surface area (Å²) in [6, 6.07) is 8.06. The van der Waals surface area contributed by atoms with Crippen molar-refractivity contribution in [3.63, 3.8) is 0 Å². The predicted octanol–water partition coefficient (Wildman–Crippen LogP) is 1.30. The van der Waals surface area contributed by atoms with Gasteiger partial charge < -0.3 is 9.64 Å². The predicted molar refractivity (Wildman–Crippen MR) is 106 cm³/mol. The molecule has 1 aromatic carbocycles. The maximum absolute atomic E-state index is 12.9. The molecule has 1 aliphatic rings. The summed E-state index contributed by atoms with van der Waals surface area (Å²) in [5.74, 6) is 0.277. The van der Waals surface area contributed by atoms with Crippen molar-refractivity contribution >= 4 is 17.7 Å². The zero-order valence-electron chi connectivity index (χ0n) is 16.2. The van der Waals surface area contributed by atoms with Crippen LogP contribution >= 0.6 is 0 Å². The van der Waals surface area contributed by atoms with E-state index in [-0.39, 0.29) is 11.3 Å². The first kappa shape index (κ1) is 18.3. The number of morpholine rings is 1. The Morgan fingerprint density at radius 2 is 1.86 bits per heavy atom. The molecule has 28 heavy (non-hydrogen) atoms. The summed E-state index contributed by atoms with van der Waals surface area (Å²) in [6.45, 7) is 9.08. The first-order valence-corrected chi connectivity index (χ1v) is 9.24. The Labute approximate surface area is 162 Å². The highest BCUT2D eigenvalue weighted by Gasteiger charge is 2.23. The molecule has 0 saturated carbocycles. The molecular formula is C19H23N7O2. The van der Waals surface area contributed by atoms with E-state index in [1.165, 1.54) is 15.5 Å². The molecule has 3 aromatic rings. The fourth-order valence-corrected chi connectivity index (χ4v) is 3.07. The van der Waals surface area contributed by atoms with E-state index in [0.29, 0.717) is 5.69 Å². The van der Waals surface area contributed by atoms with Crippen LogP contribution in [-0.4, -0.2) is 57.0 Å². The van der Waals surface area contributed by atoms with E-state index in [9.17, 15) is 4.79 Å². The van der Waals surface area contributed by atoms with Gasteiger partial charge in [0.15, 0.2) is 0 Å². The van der Waals surface area contributed by atoms with Crippen molar-refractivity contribution in [1.29, 1.82) is 0 Å². The fraction of sp³-hybridized carbons (Fsp3) is 0.421. The van der Waals surface area contributed by atoms with Gasteiger partial charge in [-0.15, -0.1) is 10.2 Å². The average Bonchev–Trinajstić information content (AvgIpc) is 3.15. The van der Waals surface area contributed by atoms with E-state index in [1.54, 1.807) is 6.21 Å². The standard InChI is InChI=1S/C19H23N7O2/c1-19(2,3)16-17(27)26(18-22-20-13-25(18)23-16)21-12-14-4-6-15(7-5-14)24-8-10-28-11-9-24/h4-7,12-13H,8-11H2,1-3H3/b21-12-. The highest BCUT2D eigenvalue weighted by Crippen LogP contribution is 2.17. The summed E-state index contributed by atoms with van der Waals surface area (Å²) in [7, 11) is 0. The molecule has 9 heteroatoms. The normalized spacial score (nSPS) is 15.6. The van der Waals surface area contributed by atoms with Gasteiger partial charge in [-0.05, 0) is 17.7 Å². The van der Waals surface area contributed by atoms with Gasteiger partial charge in [0, 0.05) is 24.2 Å². The van der Waals surface area contributed by atoms with Crippen molar-refractivity contribution in [2.45, 2.75) is 26.2 Å². The zero-order valence-corrected chi connectivity index (χ0v) is 16.2. The number of nitrogens with zero attached hydrogens (tertiary/aromatic N) is 7. The summed E-state index contributed by atoms with van der Waals surface area (Å²) in [5.41, 5.74) is 1.72. The van der Waals surface area contributed by atoms with Crippen LogP contribution in [0.25, 0.3) is 5.78 Å². The van der Waals surface area contributed by atoms with Crippen molar-refractivity contribution < 1.29 is 4.74 Å². The van der Waals surface area contributed by atoms with E-state index >= 15 is 0 Å². The summed E-state index contributed by atoms with van der Waals surface area (Å²) < 4.78 is 8.11. The van der Waals surface area contributed by atoms with E-state index in [0.717, 1.165) is 37.6 Å². The number of fused-ring (bicyclic) bond motifs is 1. The lowest BCUT2D eigenvalue weighted by Gasteiger charge is -2.28. The van der Waals surface area contributed by atoms with Gasteiger partial charge >= 0.3 is 0 Å². The maximum Gasteiger partial charge on any atom is 0.298 e. The van der Waals surface area contributed by atoms with Gasteiger partial charge in [-0.3, -0.25) is 4.79 Å². The van der Waals surface area contributed by atoms with E-state index in [1.807, 2.05) is 32.9 Å². The van der Waals surface area contributed by atoms with Gasteiger partial charge in [0.1, 0.15) is 12.0 Å². The monoisotopic (exact) mass is 381 g/mol. The van der Waals surface area contributed by atoms with Crippen LogP contribution in [0.3, 0.4) is 0 Å². The molecule has 1 saturated heterocycles. The van der Waals surface area contributed by atoms with Crippen molar-refractivity contribution in [1.82, 2.24) is 24.5 Å². The second kappa shape index (κ2) is 7.16. The Balaban J connectivity index is 1.66. The SMILES string of the molecule is CC(C)(C)c1nn2cnnc2n(/N=C\c2ccc(N3CCOCC3)cc2)c1=O. The van der Waals surface area contributed by atoms with E-state index < -0.39 is 5.41 Å². The molecule has 3 heterocycles. The minimum atomic E-state index is -0.424. The molecule has 0 radical (unpaired) electrons. The lowest BCUT2D eigenvalue weighted by atomic mass is 9.93. The third kappa shape index (κ3) is 3.53. The molecule has 146 valence electrons. The minimum absolute atomic E-state index is 0.277. The Bertz CT molecular complexity index is 1050. The van der Waals surface area contributed by atoms with Crippen LogP contribution in [0.1, 0.15) is 32.0 Å². The second-order valence-electron chi connectivity index (χ2n) is 7.73. The quantitative estimate of drug-likeness (QED) is 0.636. The van der Waals surface area contributed by atoms with Gasteiger partial charge in [0.2, 0.25) is 0 Å². The topological polar surface area (TPSA) is 89.9 Å². The van der Waals surface area contributed by atoms with Crippen LogP contribution in [-0.2, 0) is 10.2 Å². The molecule has 1 fully saturated rings. The van der Waals surface area contributed by atoms with E-state index in [2.05, 4.69) is 37.4 Å². The van der Waals surface area contributed by atoms with Gasteiger partial charge in [-0.2, -0.15) is 19.4 Å². The Morgan fingerprint density at radius 3 is 2.54 bits per heavy atom. The van der Waals surface area contributed by atoms with E-state index in [4.69, 9.17) is 4.74 Å². The molecule has 0 spiro atoms. The summed E-state index contributed by atoms with van der Waals surface area (Å²) >= 11 is 0. The van der Waals surface area contributed by atoms with Crippen molar-refractivity contribution in [3.05, 3.63) is 52.2 Å². The fourth-order valence-electron chi connectivity index (χ4n) is 3.07. The van der Waals surface area contributed by atoms with Crippen LogP contribution in [0.2, 0.25) is 0 Å². The molecule has 0 aliphatic carbocycles. The Morgan fingerprint density at radius 1 is 1.14 bits per heavy atom. The van der Waals surface area contributed by atoms with Gasteiger partial charge in [-0.1, -0.05) is 32.9 Å². The first-order valence-electron chi connectivity index (χ1n) is 9.24. The van der Waals surface area contributed by atoms with Gasteiger partial charge in [0.05, 0.1) is 19.4 Å². The van der Waals surface area contributed by atoms with Crippen LogP contribution in [0.4, 0.5) is 5.69 Å². The third-order valence-corrected chi connectivity index (χ3v) is 4.61. The minimum Gasteiger partial charge on any atom is -0.378 e. The number of ether oxygens (including phenoxy) is 1. The number of benzene rings is 1. The van der Waals surface area contributed by atoms with Crippen molar-refractivity contribution in [2.75, 3.05) is 31.2 Å². The lowest BCUT2D eigenvalue weighted by Crippen LogP contribution is -2.36. The average molecular weight is 381 g/mol. The van der Waals surface area contributed by atoms with Crippen LogP contribution < -0.4 is 10.5 Å². The molecule has 9 nitrogen and oxygen atoms in total. The maximum atomic E-state index is 12.9. The van der Waals surface area contributed by atoms with Crippen LogP contribution in [0.5, 0.6) is 0 Å². The highest BCUT2D eigenvalue weighted by atomic mass is 16.5. The molecule has 0 N–H and O–H groups in total. The molecule has 4 rings (SSSR count). The van der Waals surface area contributed by atoms with Crippen LogP contribution in [0, 0.1) is 0 Å². The molecule has 0 amide bonds. The number of hydrogen-bond acceptors (Lipinski definition) is 7. The summed E-state index contributed by atoms with van der Waals surface area (Å²) in [6.07, 6.45) is 3.11. The van der Waals surface area contributed by atoms with Crippen molar-refractivity contribution in [3.8, 4) is 0 Å². The molecule has 2 aromatic heterocycles. The summed E-state index contributed by atoms with van der Waals surface area (Å²) in [5, 5.41) is 16.5. The number of anilines is 1. The molecule has 0 bridgehead atoms. The zero-order chi connectivity index (χ0) is 19.7. The number of hydrogen-bond donors (Lipinski definition) is 0. The lowest BCUT2D eigenvalue weighted by molar-refractivity contribution is 0.122. The second-order valence-corrected chi connectivity index (χ2v) is 7.73. The molecule has 0 atom stereocenters. The first-order chi connectivity index (χ1) is 13.4. The smallest absolute Gasteiger partial charge is 0.298 e. The number of rotatable bonds is 3. The van der Waals surface area contributed by atoms with Gasteiger partial charge in [0.25, 0.3) is 11.3 Å². The molecule has 0 unspecified atom stereocenters.